The average molecular weight is 185 g/mol. The molecule has 1 aromatic rings. The molecule has 5 heteroatoms. The van der Waals surface area contributed by atoms with E-state index in [1.54, 1.807) is 0 Å². The Bertz CT molecular complexity index is 327. The third kappa shape index (κ3) is 2.00. The van der Waals surface area contributed by atoms with Crippen molar-refractivity contribution in [1.82, 2.24) is 4.98 Å². The number of carbonyl (C=O) groups excluding carboxylic acids is 1. The first kappa shape index (κ1) is 9.60. The molecular formula is C8H8FNO3. The van der Waals surface area contributed by atoms with Crippen molar-refractivity contribution < 1.29 is 19.0 Å². The SMILES string of the molecule is COC(=O)c1ccc(F)c(CO)n1. The number of halogens is 1. The lowest BCUT2D eigenvalue weighted by molar-refractivity contribution is 0.0593. The molecule has 0 aliphatic carbocycles. The highest BCUT2D eigenvalue weighted by molar-refractivity contribution is 5.87. The van der Waals surface area contributed by atoms with E-state index in [1.165, 1.54) is 13.2 Å². The standard InChI is InChI=1S/C8H8FNO3/c1-13-8(12)6-3-2-5(9)7(4-11)10-6/h2-3,11H,4H2,1H3. The van der Waals surface area contributed by atoms with Gasteiger partial charge in [-0.15, -0.1) is 0 Å². The highest BCUT2D eigenvalue weighted by Gasteiger charge is 2.10. The Kier molecular flexibility index (Phi) is 2.92. The fourth-order valence-electron chi connectivity index (χ4n) is 0.813. The Hall–Kier alpha value is -1.49. The fourth-order valence-corrected chi connectivity index (χ4v) is 0.813. The quantitative estimate of drug-likeness (QED) is 0.681. The summed E-state index contributed by atoms with van der Waals surface area (Å²) in [5.41, 5.74) is -0.184. The van der Waals surface area contributed by atoms with Gasteiger partial charge in [0.15, 0.2) is 0 Å². The van der Waals surface area contributed by atoms with Gasteiger partial charge >= 0.3 is 5.97 Å². The van der Waals surface area contributed by atoms with E-state index in [-0.39, 0.29) is 11.4 Å². The average Bonchev–Trinajstić information content (AvgIpc) is 2.17. The van der Waals surface area contributed by atoms with Crippen LogP contribution in [0, 0.1) is 5.82 Å². The first-order chi connectivity index (χ1) is 6.19. The second-order valence-corrected chi connectivity index (χ2v) is 2.27. The van der Waals surface area contributed by atoms with E-state index in [2.05, 4.69) is 9.72 Å². The van der Waals surface area contributed by atoms with Crippen LogP contribution in [0.4, 0.5) is 4.39 Å². The number of pyridine rings is 1. The summed E-state index contributed by atoms with van der Waals surface area (Å²) < 4.78 is 17.1. The number of rotatable bonds is 2. The summed E-state index contributed by atoms with van der Waals surface area (Å²) in [4.78, 5) is 14.5. The third-order valence-electron chi connectivity index (χ3n) is 1.46. The molecule has 0 bridgehead atoms. The lowest BCUT2D eigenvalue weighted by Crippen LogP contribution is -2.07. The number of carbonyl (C=O) groups is 1. The van der Waals surface area contributed by atoms with Crippen molar-refractivity contribution in [3.8, 4) is 0 Å². The van der Waals surface area contributed by atoms with E-state index in [0.717, 1.165) is 6.07 Å². The minimum Gasteiger partial charge on any atom is -0.464 e. The minimum atomic E-state index is -0.658. The number of aliphatic hydroxyl groups excluding tert-OH is 1. The van der Waals surface area contributed by atoms with Crippen molar-refractivity contribution in [2.75, 3.05) is 7.11 Å². The number of aromatic nitrogens is 1. The van der Waals surface area contributed by atoms with Gasteiger partial charge in [-0.1, -0.05) is 0 Å². The van der Waals surface area contributed by atoms with Crippen LogP contribution in [0.25, 0.3) is 0 Å². The molecule has 4 nitrogen and oxygen atoms in total. The largest absolute Gasteiger partial charge is 0.464 e. The zero-order valence-corrected chi connectivity index (χ0v) is 6.95. The zero-order valence-electron chi connectivity index (χ0n) is 6.95. The van der Waals surface area contributed by atoms with Crippen LogP contribution in [0.1, 0.15) is 16.2 Å². The summed E-state index contributed by atoms with van der Waals surface area (Å²) in [7, 11) is 1.20. The zero-order chi connectivity index (χ0) is 9.84. The molecule has 0 unspecified atom stereocenters. The molecular weight excluding hydrogens is 177 g/mol. The molecule has 0 spiro atoms. The van der Waals surface area contributed by atoms with Crippen LogP contribution in [0.2, 0.25) is 0 Å². The minimum absolute atomic E-state index is 0.0204. The maximum Gasteiger partial charge on any atom is 0.356 e. The molecule has 0 saturated carbocycles. The van der Waals surface area contributed by atoms with Gasteiger partial charge in [-0.05, 0) is 12.1 Å². The van der Waals surface area contributed by atoms with Crippen LogP contribution in [-0.4, -0.2) is 23.2 Å². The highest BCUT2D eigenvalue weighted by Crippen LogP contribution is 2.06. The molecule has 0 aliphatic rings. The molecule has 0 radical (unpaired) electrons. The monoisotopic (exact) mass is 185 g/mol. The second kappa shape index (κ2) is 3.95. The van der Waals surface area contributed by atoms with Crippen molar-refractivity contribution >= 4 is 5.97 Å². The van der Waals surface area contributed by atoms with E-state index in [1.807, 2.05) is 0 Å². The Labute approximate surface area is 74.0 Å². The summed E-state index contributed by atoms with van der Waals surface area (Å²) in [6.45, 7) is -0.545. The molecule has 1 N–H and O–H groups in total. The molecule has 0 aromatic carbocycles. The number of hydrogen-bond donors (Lipinski definition) is 1. The number of methoxy groups -OCH3 is 1. The molecule has 1 aromatic heterocycles. The normalized spacial score (nSPS) is 9.77. The lowest BCUT2D eigenvalue weighted by atomic mass is 10.3. The molecule has 1 heterocycles. The van der Waals surface area contributed by atoms with Gasteiger partial charge in [-0.3, -0.25) is 0 Å². The molecule has 0 aliphatic heterocycles. The smallest absolute Gasteiger partial charge is 0.356 e. The third-order valence-corrected chi connectivity index (χ3v) is 1.46. The molecule has 70 valence electrons. The first-order valence-corrected chi connectivity index (χ1v) is 3.53. The lowest BCUT2D eigenvalue weighted by Gasteiger charge is -2.01. The van der Waals surface area contributed by atoms with Gasteiger partial charge in [0.2, 0.25) is 0 Å². The fraction of sp³-hybridized carbons (Fsp3) is 0.250. The Balaban J connectivity index is 3.06. The number of ether oxygens (including phenoxy) is 1. The van der Waals surface area contributed by atoms with Crippen molar-refractivity contribution in [2.45, 2.75) is 6.61 Å². The van der Waals surface area contributed by atoms with Crippen LogP contribution in [-0.2, 0) is 11.3 Å². The van der Waals surface area contributed by atoms with Gasteiger partial charge in [-0.25, -0.2) is 14.2 Å². The van der Waals surface area contributed by atoms with Crippen molar-refractivity contribution in [1.29, 1.82) is 0 Å². The first-order valence-electron chi connectivity index (χ1n) is 3.53. The number of esters is 1. The van der Waals surface area contributed by atoms with Crippen LogP contribution < -0.4 is 0 Å². The van der Waals surface area contributed by atoms with Crippen LogP contribution in [0.15, 0.2) is 12.1 Å². The molecule has 0 fully saturated rings. The highest BCUT2D eigenvalue weighted by atomic mass is 19.1. The Morgan fingerprint density at radius 2 is 2.38 bits per heavy atom. The van der Waals surface area contributed by atoms with Gasteiger partial charge in [0, 0.05) is 0 Å². The van der Waals surface area contributed by atoms with E-state index in [9.17, 15) is 9.18 Å². The second-order valence-electron chi connectivity index (χ2n) is 2.27. The van der Waals surface area contributed by atoms with Gasteiger partial charge in [0.25, 0.3) is 0 Å². The van der Waals surface area contributed by atoms with Crippen molar-refractivity contribution in [2.24, 2.45) is 0 Å². The van der Waals surface area contributed by atoms with Gasteiger partial charge in [0.05, 0.1) is 13.7 Å². The van der Waals surface area contributed by atoms with E-state index < -0.39 is 18.4 Å². The van der Waals surface area contributed by atoms with Crippen molar-refractivity contribution in [3.63, 3.8) is 0 Å². The summed E-state index contributed by atoms with van der Waals surface area (Å²) in [6, 6.07) is 2.26. The summed E-state index contributed by atoms with van der Waals surface area (Å²) in [6.07, 6.45) is 0. The van der Waals surface area contributed by atoms with E-state index in [4.69, 9.17) is 5.11 Å². The van der Waals surface area contributed by atoms with E-state index >= 15 is 0 Å². The van der Waals surface area contributed by atoms with Gasteiger partial charge < -0.3 is 9.84 Å². The Morgan fingerprint density at radius 3 is 2.92 bits per heavy atom. The summed E-state index contributed by atoms with van der Waals surface area (Å²) >= 11 is 0. The molecule has 1 rings (SSSR count). The molecule has 0 atom stereocenters. The predicted molar refractivity (Wildman–Crippen MR) is 41.5 cm³/mol. The predicted octanol–water partition coefficient (Wildman–Crippen LogP) is 0.500. The van der Waals surface area contributed by atoms with Crippen LogP contribution in [0.3, 0.4) is 0 Å². The van der Waals surface area contributed by atoms with E-state index in [0.29, 0.717) is 0 Å². The maximum atomic E-state index is 12.8. The molecule has 0 saturated heterocycles. The van der Waals surface area contributed by atoms with Gasteiger partial charge in [0.1, 0.15) is 17.2 Å². The van der Waals surface area contributed by atoms with Crippen molar-refractivity contribution in [3.05, 3.63) is 29.3 Å². The maximum absolute atomic E-state index is 12.8. The Morgan fingerprint density at radius 1 is 1.69 bits per heavy atom. The summed E-state index contributed by atoms with van der Waals surface area (Å²) in [5, 5.41) is 8.64. The summed E-state index contributed by atoms with van der Waals surface area (Å²) in [5.74, 6) is -1.30. The number of nitrogens with zero attached hydrogens (tertiary/aromatic N) is 1. The molecule has 13 heavy (non-hydrogen) atoms. The van der Waals surface area contributed by atoms with Crippen LogP contribution in [0.5, 0.6) is 0 Å². The topological polar surface area (TPSA) is 59.4 Å². The molecule has 0 amide bonds. The number of hydrogen-bond acceptors (Lipinski definition) is 4. The van der Waals surface area contributed by atoms with Gasteiger partial charge in [-0.2, -0.15) is 0 Å². The number of aliphatic hydroxyl groups is 1. The van der Waals surface area contributed by atoms with Crippen LogP contribution >= 0.6 is 0 Å².